The number of hydrogen-bond donors (Lipinski definition) is 0. The van der Waals surface area contributed by atoms with Crippen molar-refractivity contribution in [1.82, 2.24) is 0 Å². The first-order valence-corrected chi connectivity index (χ1v) is 9.47. The monoisotopic (exact) mass is 316 g/mol. The molecule has 116 valence electrons. The van der Waals surface area contributed by atoms with E-state index in [0.717, 1.165) is 5.92 Å². The number of allylic oxidation sites excluding steroid dienone is 1. The summed E-state index contributed by atoms with van der Waals surface area (Å²) in [5, 5.41) is 0. The second-order valence-electron chi connectivity index (χ2n) is 6.98. The third kappa shape index (κ3) is 3.95. The van der Waals surface area contributed by atoms with Gasteiger partial charge in [-0.15, -0.1) is 0 Å². The molecule has 0 radical (unpaired) electrons. The zero-order valence-corrected chi connectivity index (χ0v) is 14.5. The number of rotatable bonds is 8. The highest BCUT2D eigenvalue weighted by Gasteiger charge is 2.49. The van der Waals surface area contributed by atoms with E-state index >= 15 is 0 Å². The average molecular weight is 317 g/mol. The van der Waals surface area contributed by atoms with E-state index in [4.69, 9.17) is 23.2 Å². The fourth-order valence-electron chi connectivity index (χ4n) is 4.94. The molecule has 0 N–H and O–H groups in total. The van der Waals surface area contributed by atoms with Gasteiger partial charge in [0.15, 0.2) is 0 Å². The number of halogens is 2. The van der Waals surface area contributed by atoms with Crippen LogP contribution in [-0.2, 0) is 0 Å². The summed E-state index contributed by atoms with van der Waals surface area (Å²) in [7, 11) is 0. The van der Waals surface area contributed by atoms with Gasteiger partial charge in [-0.2, -0.15) is 0 Å². The van der Waals surface area contributed by atoms with E-state index < -0.39 is 0 Å². The third-order valence-corrected chi connectivity index (χ3v) is 6.14. The Kier molecular flexibility index (Phi) is 6.75. The Labute approximate surface area is 135 Å². The van der Waals surface area contributed by atoms with Gasteiger partial charge in [0.1, 0.15) is 4.49 Å². The van der Waals surface area contributed by atoms with E-state index in [1.165, 1.54) is 77.0 Å². The van der Waals surface area contributed by atoms with Gasteiger partial charge in [0.05, 0.1) is 0 Å². The van der Waals surface area contributed by atoms with Gasteiger partial charge >= 0.3 is 0 Å². The molecule has 0 saturated heterocycles. The third-order valence-electron chi connectivity index (χ3n) is 5.89. The number of hydrogen-bond acceptors (Lipinski definition) is 0. The molecule has 0 nitrogen and oxygen atoms in total. The molecule has 1 unspecified atom stereocenters. The maximum atomic E-state index is 6.03. The molecule has 2 saturated carbocycles. The number of fused-ring (bicyclic) bond motifs is 1. The van der Waals surface area contributed by atoms with Crippen molar-refractivity contribution >= 4 is 23.2 Å². The van der Waals surface area contributed by atoms with Gasteiger partial charge in [0.25, 0.3) is 0 Å². The van der Waals surface area contributed by atoms with E-state index in [1.54, 1.807) is 0 Å². The fraction of sp³-hybridized carbons (Fsp3) is 0.889. The van der Waals surface area contributed by atoms with Crippen LogP contribution in [0.15, 0.2) is 10.6 Å². The van der Waals surface area contributed by atoms with Crippen molar-refractivity contribution in [1.29, 1.82) is 0 Å². The normalized spacial score (nSPS) is 30.2. The average Bonchev–Trinajstić information content (AvgIpc) is 2.96. The van der Waals surface area contributed by atoms with Crippen LogP contribution in [0.5, 0.6) is 0 Å². The van der Waals surface area contributed by atoms with Crippen LogP contribution in [0.25, 0.3) is 0 Å². The molecule has 20 heavy (non-hydrogen) atoms. The van der Waals surface area contributed by atoms with Gasteiger partial charge in [0.2, 0.25) is 0 Å². The first-order valence-electron chi connectivity index (χ1n) is 8.72. The van der Waals surface area contributed by atoms with Crippen LogP contribution in [0.3, 0.4) is 0 Å². The SMILES string of the molecule is CCCCCCCC(C=C(Cl)Cl)C12CCCC1CCC2. The van der Waals surface area contributed by atoms with Crippen LogP contribution in [0.2, 0.25) is 0 Å². The van der Waals surface area contributed by atoms with Crippen molar-refractivity contribution in [3.05, 3.63) is 10.6 Å². The van der Waals surface area contributed by atoms with Crippen LogP contribution in [-0.4, -0.2) is 0 Å². The predicted octanol–water partition coefficient (Wildman–Crippen LogP) is 7.25. The summed E-state index contributed by atoms with van der Waals surface area (Å²) in [6.45, 7) is 2.28. The molecule has 0 aromatic carbocycles. The van der Waals surface area contributed by atoms with Crippen molar-refractivity contribution in [2.24, 2.45) is 17.3 Å². The molecule has 2 heteroatoms. The van der Waals surface area contributed by atoms with Crippen molar-refractivity contribution in [2.75, 3.05) is 0 Å². The zero-order chi connectivity index (χ0) is 14.4. The van der Waals surface area contributed by atoms with Crippen molar-refractivity contribution in [2.45, 2.75) is 84.0 Å². The Bertz CT molecular complexity index is 307. The molecule has 0 bridgehead atoms. The summed E-state index contributed by atoms with van der Waals surface area (Å²) in [5.74, 6) is 1.58. The highest BCUT2D eigenvalue weighted by molar-refractivity contribution is 6.55. The first-order chi connectivity index (χ1) is 9.69. The molecule has 0 spiro atoms. The lowest BCUT2D eigenvalue weighted by Crippen LogP contribution is -2.29. The number of unbranched alkanes of at least 4 members (excludes halogenated alkanes) is 4. The molecule has 0 aromatic heterocycles. The smallest absolute Gasteiger partial charge is 0.0712 e. The molecule has 1 atom stereocenters. The van der Waals surface area contributed by atoms with Gasteiger partial charge in [-0.3, -0.25) is 0 Å². The predicted molar refractivity (Wildman–Crippen MR) is 90.3 cm³/mol. The molecule has 0 amide bonds. The lowest BCUT2D eigenvalue weighted by molar-refractivity contribution is 0.152. The van der Waals surface area contributed by atoms with Crippen LogP contribution < -0.4 is 0 Å². The zero-order valence-electron chi connectivity index (χ0n) is 13.0. The summed E-state index contributed by atoms with van der Waals surface area (Å²) >= 11 is 12.1. The molecule has 0 heterocycles. The second-order valence-corrected chi connectivity index (χ2v) is 7.99. The summed E-state index contributed by atoms with van der Waals surface area (Å²) < 4.78 is 0.496. The molecular weight excluding hydrogens is 287 g/mol. The Balaban J connectivity index is 1.95. The summed E-state index contributed by atoms with van der Waals surface area (Å²) in [5.41, 5.74) is 0.555. The molecule has 0 aromatic rings. The van der Waals surface area contributed by atoms with Gasteiger partial charge in [-0.25, -0.2) is 0 Å². The van der Waals surface area contributed by atoms with E-state index in [0.29, 0.717) is 15.8 Å². The second kappa shape index (κ2) is 8.08. The lowest BCUT2D eigenvalue weighted by Gasteiger charge is -2.37. The highest BCUT2D eigenvalue weighted by Crippen LogP contribution is 2.60. The van der Waals surface area contributed by atoms with E-state index in [1.807, 2.05) is 0 Å². The Hall–Kier alpha value is 0.320. The van der Waals surface area contributed by atoms with Gasteiger partial charge in [-0.05, 0) is 49.4 Å². The van der Waals surface area contributed by atoms with E-state index in [-0.39, 0.29) is 0 Å². The maximum absolute atomic E-state index is 6.03. The molecular formula is C18H30Cl2. The van der Waals surface area contributed by atoms with Crippen molar-refractivity contribution in [3.8, 4) is 0 Å². The van der Waals surface area contributed by atoms with Crippen LogP contribution in [0, 0.1) is 17.3 Å². The summed E-state index contributed by atoms with van der Waals surface area (Å²) in [6, 6.07) is 0. The van der Waals surface area contributed by atoms with Crippen molar-refractivity contribution < 1.29 is 0 Å². The van der Waals surface area contributed by atoms with E-state index in [2.05, 4.69) is 13.0 Å². The Morgan fingerprint density at radius 3 is 2.35 bits per heavy atom. The minimum atomic E-state index is 0.496. The molecule has 2 fully saturated rings. The quantitative estimate of drug-likeness (QED) is 0.413. The lowest BCUT2D eigenvalue weighted by atomic mass is 9.68. The Morgan fingerprint density at radius 1 is 1.10 bits per heavy atom. The van der Waals surface area contributed by atoms with Gasteiger partial charge in [0, 0.05) is 0 Å². The largest absolute Gasteiger partial charge is 0.103 e. The first kappa shape index (κ1) is 16.7. The summed E-state index contributed by atoms with van der Waals surface area (Å²) in [4.78, 5) is 0. The van der Waals surface area contributed by atoms with Crippen LogP contribution >= 0.6 is 23.2 Å². The summed E-state index contributed by atoms with van der Waals surface area (Å²) in [6.07, 6.45) is 18.8. The highest BCUT2D eigenvalue weighted by atomic mass is 35.5. The van der Waals surface area contributed by atoms with Crippen LogP contribution in [0.1, 0.15) is 84.0 Å². The molecule has 0 aliphatic heterocycles. The van der Waals surface area contributed by atoms with Crippen LogP contribution in [0.4, 0.5) is 0 Å². The Morgan fingerprint density at radius 2 is 1.75 bits per heavy atom. The topological polar surface area (TPSA) is 0 Å². The van der Waals surface area contributed by atoms with Gasteiger partial charge < -0.3 is 0 Å². The fourth-order valence-corrected chi connectivity index (χ4v) is 5.24. The molecule has 2 aliphatic carbocycles. The minimum absolute atomic E-state index is 0.496. The molecule has 2 rings (SSSR count). The molecule has 2 aliphatic rings. The van der Waals surface area contributed by atoms with Crippen molar-refractivity contribution in [3.63, 3.8) is 0 Å². The van der Waals surface area contributed by atoms with E-state index in [9.17, 15) is 0 Å². The maximum Gasteiger partial charge on any atom is 0.103 e. The van der Waals surface area contributed by atoms with Gasteiger partial charge in [-0.1, -0.05) is 81.1 Å². The minimum Gasteiger partial charge on any atom is -0.0712 e. The standard InChI is InChI=1S/C18H30Cl2/c1-2-3-4-5-6-9-16(14-17(19)20)18-12-7-10-15(18)11-8-13-18/h14-16H,2-13H2,1H3.